The Labute approximate surface area is 174 Å². The molecule has 6 nitrogen and oxygen atoms in total. The number of anilines is 1. The quantitative estimate of drug-likeness (QED) is 0.524. The molecule has 2 atom stereocenters. The summed E-state index contributed by atoms with van der Waals surface area (Å²) >= 11 is 6.03. The molecule has 7 heteroatoms. The van der Waals surface area contributed by atoms with Crippen LogP contribution in [0.1, 0.15) is 38.2 Å². The summed E-state index contributed by atoms with van der Waals surface area (Å²) in [5, 5.41) is 17.1. The maximum atomic E-state index is 11.8. The first-order valence-corrected chi connectivity index (χ1v) is 9.88. The van der Waals surface area contributed by atoms with E-state index in [0.717, 1.165) is 22.5 Å². The monoisotopic (exact) mass is 411 g/mol. The minimum atomic E-state index is -1.17. The molecule has 1 N–H and O–H groups in total. The van der Waals surface area contributed by atoms with Crippen molar-refractivity contribution in [2.75, 3.05) is 5.43 Å². The Bertz CT molecular complexity index is 984. The van der Waals surface area contributed by atoms with Gasteiger partial charge in [-0.15, -0.1) is 0 Å². The standard InChI is InChI=1S/C22H22ClN3O3/c1-22(2)12-17(25-24-16-6-4-3-5-7-16)20-18(13-22)29-21(26(27)28)19(20)14-8-10-15(23)11-9-14/h3-11,19,21,24H,12-13H2,1-2H3. The largest absolute Gasteiger partial charge is 0.433 e. The Hall–Kier alpha value is -2.86. The van der Waals surface area contributed by atoms with Gasteiger partial charge in [-0.05, 0) is 41.7 Å². The molecular weight excluding hydrogens is 390 g/mol. The predicted octanol–water partition coefficient (Wildman–Crippen LogP) is 5.60. The number of hydrazone groups is 1. The van der Waals surface area contributed by atoms with Crippen LogP contribution in [0.25, 0.3) is 0 Å². The second-order valence-corrected chi connectivity index (χ2v) is 8.65. The minimum Gasteiger partial charge on any atom is -0.433 e. The zero-order valence-corrected chi connectivity index (χ0v) is 17.0. The molecule has 29 heavy (non-hydrogen) atoms. The first-order chi connectivity index (χ1) is 13.8. The molecule has 1 heterocycles. The molecule has 2 aromatic carbocycles. The summed E-state index contributed by atoms with van der Waals surface area (Å²) in [4.78, 5) is 11.5. The van der Waals surface area contributed by atoms with E-state index < -0.39 is 12.1 Å². The molecule has 2 unspecified atom stereocenters. The molecular formula is C22H22ClN3O3. The molecule has 0 saturated heterocycles. The fraction of sp³-hybridized carbons (Fsp3) is 0.318. The molecule has 0 saturated carbocycles. The first kappa shape index (κ1) is 19.5. The summed E-state index contributed by atoms with van der Waals surface area (Å²) in [6.45, 7) is 4.24. The fourth-order valence-electron chi connectivity index (χ4n) is 4.03. The number of nitro groups is 1. The minimum absolute atomic E-state index is 0.105. The smallest absolute Gasteiger partial charge is 0.364 e. The van der Waals surface area contributed by atoms with E-state index in [4.69, 9.17) is 16.3 Å². The number of halogens is 1. The van der Waals surface area contributed by atoms with Gasteiger partial charge in [-0.1, -0.05) is 55.8 Å². The summed E-state index contributed by atoms with van der Waals surface area (Å²) in [5.41, 5.74) is 6.26. The average Bonchev–Trinajstić information content (AvgIpc) is 3.06. The van der Waals surface area contributed by atoms with E-state index in [2.05, 4.69) is 24.4 Å². The van der Waals surface area contributed by atoms with Gasteiger partial charge in [0.05, 0.1) is 16.3 Å². The van der Waals surface area contributed by atoms with Gasteiger partial charge in [0.15, 0.2) is 0 Å². The Morgan fingerprint density at radius 1 is 1.14 bits per heavy atom. The summed E-state index contributed by atoms with van der Waals surface area (Å²) < 4.78 is 5.88. The molecule has 4 rings (SSSR count). The predicted molar refractivity (Wildman–Crippen MR) is 114 cm³/mol. The van der Waals surface area contributed by atoms with Gasteiger partial charge >= 0.3 is 6.23 Å². The summed E-state index contributed by atoms with van der Waals surface area (Å²) in [6, 6.07) is 16.8. The number of nitrogens with zero attached hydrogens (tertiary/aromatic N) is 2. The van der Waals surface area contributed by atoms with Gasteiger partial charge in [0.2, 0.25) is 0 Å². The molecule has 1 aliphatic heterocycles. The van der Waals surface area contributed by atoms with Gasteiger partial charge in [0.25, 0.3) is 0 Å². The molecule has 0 aromatic heterocycles. The lowest BCUT2D eigenvalue weighted by molar-refractivity contribution is -0.570. The van der Waals surface area contributed by atoms with Crippen molar-refractivity contribution in [3.8, 4) is 0 Å². The number of benzene rings is 2. The fourth-order valence-corrected chi connectivity index (χ4v) is 4.15. The van der Waals surface area contributed by atoms with Gasteiger partial charge in [-0.2, -0.15) is 5.10 Å². The third-order valence-electron chi connectivity index (χ3n) is 5.29. The van der Waals surface area contributed by atoms with E-state index in [0.29, 0.717) is 23.6 Å². The van der Waals surface area contributed by atoms with Gasteiger partial charge in [-0.25, -0.2) is 0 Å². The van der Waals surface area contributed by atoms with Crippen LogP contribution in [0.3, 0.4) is 0 Å². The lowest BCUT2D eigenvalue weighted by atomic mass is 9.73. The lowest BCUT2D eigenvalue weighted by Gasteiger charge is -2.31. The van der Waals surface area contributed by atoms with Crippen molar-refractivity contribution in [3.05, 3.63) is 86.6 Å². The number of hydrogen-bond acceptors (Lipinski definition) is 5. The zero-order chi connectivity index (χ0) is 20.6. The SMILES string of the molecule is CC1(C)CC(=NNc2ccccc2)C2=C(C1)OC([N+](=O)[O-])C2c1ccc(Cl)cc1. The van der Waals surface area contributed by atoms with Crippen molar-refractivity contribution in [1.29, 1.82) is 0 Å². The molecule has 0 bridgehead atoms. The second kappa shape index (κ2) is 7.52. The highest BCUT2D eigenvalue weighted by molar-refractivity contribution is 6.30. The Morgan fingerprint density at radius 3 is 2.48 bits per heavy atom. The van der Waals surface area contributed by atoms with E-state index in [1.54, 1.807) is 12.1 Å². The highest BCUT2D eigenvalue weighted by atomic mass is 35.5. The molecule has 2 aliphatic rings. The van der Waals surface area contributed by atoms with Crippen LogP contribution >= 0.6 is 11.6 Å². The van der Waals surface area contributed by atoms with Crippen molar-refractivity contribution in [3.63, 3.8) is 0 Å². The van der Waals surface area contributed by atoms with Crippen LogP contribution in [0.2, 0.25) is 5.02 Å². The van der Waals surface area contributed by atoms with Crippen LogP contribution in [0.5, 0.6) is 0 Å². The first-order valence-electron chi connectivity index (χ1n) is 9.51. The highest BCUT2D eigenvalue weighted by Gasteiger charge is 2.50. The van der Waals surface area contributed by atoms with E-state index in [-0.39, 0.29) is 10.3 Å². The molecule has 0 amide bonds. The van der Waals surface area contributed by atoms with Crippen LogP contribution in [0.4, 0.5) is 5.69 Å². The Morgan fingerprint density at radius 2 is 1.83 bits per heavy atom. The molecule has 0 radical (unpaired) electrons. The van der Waals surface area contributed by atoms with Crippen LogP contribution < -0.4 is 5.43 Å². The average molecular weight is 412 g/mol. The lowest BCUT2D eigenvalue weighted by Crippen LogP contribution is -2.29. The molecule has 0 spiro atoms. The molecule has 0 fully saturated rings. The van der Waals surface area contributed by atoms with Gasteiger partial charge in [0.1, 0.15) is 11.7 Å². The van der Waals surface area contributed by atoms with Gasteiger partial charge in [0, 0.05) is 17.0 Å². The third-order valence-corrected chi connectivity index (χ3v) is 5.54. The molecule has 1 aliphatic carbocycles. The summed E-state index contributed by atoms with van der Waals surface area (Å²) in [6.07, 6.45) is 0.169. The summed E-state index contributed by atoms with van der Waals surface area (Å²) in [7, 11) is 0. The molecule has 2 aromatic rings. The van der Waals surface area contributed by atoms with Gasteiger partial charge < -0.3 is 4.74 Å². The van der Waals surface area contributed by atoms with Crippen LogP contribution in [0, 0.1) is 15.5 Å². The highest BCUT2D eigenvalue weighted by Crippen LogP contribution is 2.49. The Kier molecular flexibility index (Phi) is 5.04. The normalized spacial score (nSPS) is 24.2. The maximum Gasteiger partial charge on any atom is 0.364 e. The van der Waals surface area contributed by atoms with E-state index in [1.165, 1.54) is 0 Å². The number of allylic oxidation sites excluding steroid dienone is 1. The van der Waals surface area contributed by atoms with Crippen molar-refractivity contribution in [1.82, 2.24) is 0 Å². The van der Waals surface area contributed by atoms with Crippen molar-refractivity contribution in [2.24, 2.45) is 10.5 Å². The Balaban J connectivity index is 1.78. The van der Waals surface area contributed by atoms with E-state index in [9.17, 15) is 10.1 Å². The van der Waals surface area contributed by atoms with Crippen LogP contribution in [-0.2, 0) is 4.74 Å². The van der Waals surface area contributed by atoms with Crippen molar-refractivity contribution in [2.45, 2.75) is 38.8 Å². The summed E-state index contributed by atoms with van der Waals surface area (Å²) in [5.74, 6) is 0.140. The van der Waals surface area contributed by atoms with E-state index >= 15 is 0 Å². The zero-order valence-electron chi connectivity index (χ0n) is 16.3. The molecule has 150 valence electrons. The van der Waals surface area contributed by atoms with Crippen LogP contribution in [0.15, 0.2) is 71.0 Å². The van der Waals surface area contributed by atoms with Gasteiger partial charge in [-0.3, -0.25) is 15.5 Å². The van der Waals surface area contributed by atoms with Crippen LogP contribution in [-0.4, -0.2) is 16.9 Å². The van der Waals surface area contributed by atoms with Crippen molar-refractivity contribution < 1.29 is 9.66 Å². The number of hydrogen-bond donors (Lipinski definition) is 1. The number of nitrogens with one attached hydrogen (secondary N) is 1. The maximum absolute atomic E-state index is 11.8. The number of ether oxygens (including phenoxy) is 1. The number of para-hydroxylation sites is 1. The third kappa shape index (κ3) is 3.98. The van der Waals surface area contributed by atoms with E-state index in [1.807, 2.05) is 42.5 Å². The second-order valence-electron chi connectivity index (χ2n) is 8.21. The number of rotatable bonds is 4. The van der Waals surface area contributed by atoms with Crippen molar-refractivity contribution >= 4 is 23.0 Å². The topological polar surface area (TPSA) is 76.8 Å².